The van der Waals surface area contributed by atoms with Gasteiger partial charge in [0, 0.05) is 10.4 Å². The zero-order valence-corrected chi connectivity index (χ0v) is 24.0. The minimum Gasteiger partial charge on any atom is -0.493 e. The molecule has 5 rings (SSSR count). The highest BCUT2D eigenvalue weighted by atomic mass is 79.9. The van der Waals surface area contributed by atoms with Gasteiger partial charge in [-0.15, -0.1) is 0 Å². The van der Waals surface area contributed by atoms with Crippen LogP contribution in [-0.4, -0.2) is 23.0 Å². The normalized spacial score (nSPS) is 14.3. The molecule has 1 aliphatic rings. The Kier molecular flexibility index (Phi) is 8.24. The predicted octanol–water partition coefficient (Wildman–Crippen LogP) is 7.58. The lowest BCUT2D eigenvalue weighted by Gasteiger charge is -2.22. The molecule has 0 bridgehead atoms. The fourth-order valence-corrected chi connectivity index (χ4v) is 5.65. The van der Waals surface area contributed by atoms with Crippen LogP contribution in [0.3, 0.4) is 0 Å². The van der Waals surface area contributed by atoms with Crippen molar-refractivity contribution in [3.8, 4) is 11.5 Å². The van der Waals surface area contributed by atoms with Crippen molar-refractivity contribution in [1.29, 1.82) is 0 Å². The molecule has 3 aromatic carbocycles. The summed E-state index contributed by atoms with van der Waals surface area (Å²) >= 11 is 7.03. The van der Waals surface area contributed by atoms with Gasteiger partial charge in [-0.05, 0) is 82.4 Å². The first kappa shape index (κ1) is 26.6. The van der Waals surface area contributed by atoms with Crippen LogP contribution in [-0.2, 0) is 6.61 Å². The van der Waals surface area contributed by atoms with Crippen molar-refractivity contribution in [1.82, 2.24) is 9.66 Å². The Hall–Kier alpha value is -3.04. The first-order valence-corrected chi connectivity index (χ1v) is 14.0. The second-order valence-electron chi connectivity index (χ2n) is 9.28. The molecule has 38 heavy (non-hydrogen) atoms. The Balaban J connectivity index is 1.49. The third-order valence-corrected chi connectivity index (χ3v) is 7.76. The van der Waals surface area contributed by atoms with Gasteiger partial charge in [0.25, 0.3) is 5.56 Å². The maximum atomic E-state index is 13.6. The summed E-state index contributed by atoms with van der Waals surface area (Å²) in [4.78, 5) is 18.4. The van der Waals surface area contributed by atoms with Gasteiger partial charge in [-0.3, -0.25) is 4.79 Å². The van der Waals surface area contributed by atoms with Gasteiger partial charge in [-0.1, -0.05) is 47.3 Å². The van der Waals surface area contributed by atoms with Crippen LogP contribution >= 0.6 is 31.9 Å². The largest absolute Gasteiger partial charge is 0.493 e. The summed E-state index contributed by atoms with van der Waals surface area (Å²) in [5.74, 6) is 1.61. The van der Waals surface area contributed by atoms with Crippen LogP contribution in [0.2, 0.25) is 0 Å². The zero-order chi connectivity index (χ0) is 26.6. The van der Waals surface area contributed by atoms with E-state index in [1.54, 1.807) is 37.6 Å². The summed E-state index contributed by atoms with van der Waals surface area (Å²) in [7, 11) is 1.56. The van der Waals surface area contributed by atoms with Crippen LogP contribution < -0.4 is 15.0 Å². The Morgan fingerprint density at radius 1 is 1.08 bits per heavy atom. The average molecular weight is 643 g/mol. The van der Waals surface area contributed by atoms with E-state index in [-0.39, 0.29) is 23.9 Å². The number of aromatic nitrogens is 2. The molecule has 0 unspecified atom stereocenters. The molecule has 196 valence electrons. The quantitative estimate of drug-likeness (QED) is 0.195. The maximum absolute atomic E-state index is 13.6. The van der Waals surface area contributed by atoms with Crippen molar-refractivity contribution in [3.63, 3.8) is 0 Å². The Labute approximate surface area is 236 Å². The Bertz CT molecular complexity index is 1550. The monoisotopic (exact) mass is 641 g/mol. The standard InChI is InChI=1S/C29H26Br2FN3O3/c1-37-26-14-19(13-24(31)27(26)38-17-18-7-10-22(32)11-8-18)16-33-35-28(20-5-3-2-4-6-20)34-25-12-9-21(30)15-23(25)29(35)36/h7-16,20H,2-6,17H2,1H3. The van der Waals surface area contributed by atoms with E-state index in [9.17, 15) is 9.18 Å². The molecule has 4 aromatic rings. The molecule has 6 nitrogen and oxygen atoms in total. The third-order valence-electron chi connectivity index (χ3n) is 6.67. The highest BCUT2D eigenvalue weighted by Gasteiger charge is 2.22. The number of fused-ring (bicyclic) bond motifs is 1. The molecule has 1 aromatic heterocycles. The average Bonchev–Trinajstić information content (AvgIpc) is 2.93. The van der Waals surface area contributed by atoms with Crippen molar-refractivity contribution in [2.24, 2.45) is 5.10 Å². The Morgan fingerprint density at radius 3 is 2.58 bits per heavy atom. The van der Waals surface area contributed by atoms with Crippen LogP contribution in [0.15, 0.2) is 73.4 Å². The van der Waals surface area contributed by atoms with Gasteiger partial charge >= 0.3 is 0 Å². The van der Waals surface area contributed by atoms with E-state index in [1.807, 2.05) is 18.2 Å². The first-order valence-electron chi connectivity index (χ1n) is 12.4. The smallest absolute Gasteiger partial charge is 0.282 e. The lowest BCUT2D eigenvalue weighted by molar-refractivity contribution is 0.282. The topological polar surface area (TPSA) is 65.7 Å². The maximum Gasteiger partial charge on any atom is 0.282 e. The number of benzene rings is 3. The Morgan fingerprint density at radius 2 is 1.84 bits per heavy atom. The molecule has 9 heteroatoms. The number of halogens is 3. The van der Waals surface area contributed by atoms with Gasteiger partial charge in [0.15, 0.2) is 11.5 Å². The molecular formula is C29H26Br2FN3O3. The molecule has 0 atom stereocenters. The molecular weight excluding hydrogens is 617 g/mol. The van der Waals surface area contributed by atoms with Crippen LogP contribution in [0.5, 0.6) is 11.5 Å². The van der Waals surface area contributed by atoms with Crippen molar-refractivity contribution in [2.75, 3.05) is 7.11 Å². The zero-order valence-electron chi connectivity index (χ0n) is 20.8. The molecule has 0 aliphatic heterocycles. The van der Waals surface area contributed by atoms with Gasteiger partial charge in [-0.2, -0.15) is 9.78 Å². The van der Waals surface area contributed by atoms with E-state index >= 15 is 0 Å². The van der Waals surface area contributed by atoms with Crippen molar-refractivity contribution in [2.45, 2.75) is 44.6 Å². The lowest BCUT2D eigenvalue weighted by Crippen LogP contribution is -2.25. The molecule has 0 radical (unpaired) electrons. The van der Waals surface area contributed by atoms with Gasteiger partial charge in [0.05, 0.1) is 28.7 Å². The highest BCUT2D eigenvalue weighted by molar-refractivity contribution is 9.10. The fraction of sp³-hybridized carbons (Fsp3) is 0.276. The number of rotatable bonds is 7. The van der Waals surface area contributed by atoms with Crippen LogP contribution in [0.4, 0.5) is 4.39 Å². The second-order valence-corrected chi connectivity index (χ2v) is 11.0. The molecule has 1 aliphatic carbocycles. The van der Waals surface area contributed by atoms with Crippen LogP contribution in [0, 0.1) is 5.82 Å². The SMILES string of the molecule is COc1cc(C=Nn2c(C3CCCCC3)nc3ccc(Br)cc3c2=O)cc(Br)c1OCc1ccc(F)cc1. The molecule has 1 heterocycles. The third kappa shape index (κ3) is 5.83. The minimum atomic E-state index is -0.295. The van der Waals surface area contributed by atoms with Gasteiger partial charge in [-0.25, -0.2) is 9.37 Å². The van der Waals surface area contributed by atoms with Gasteiger partial charge in [0.2, 0.25) is 0 Å². The van der Waals surface area contributed by atoms with Gasteiger partial charge < -0.3 is 9.47 Å². The number of nitrogens with zero attached hydrogens (tertiary/aromatic N) is 3. The first-order chi connectivity index (χ1) is 18.4. The number of hydrogen-bond donors (Lipinski definition) is 0. The predicted molar refractivity (Wildman–Crippen MR) is 154 cm³/mol. The molecule has 0 saturated heterocycles. The van der Waals surface area contributed by atoms with E-state index in [4.69, 9.17) is 14.5 Å². The van der Waals surface area contributed by atoms with Gasteiger partial charge in [0.1, 0.15) is 18.2 Å². The van der Waals surface area contributed by atoms with Crippen molar-refractivity contribution < 1.29 is 13.9 Å². The van der Waals surface area contributed by atoms with Crippen molar-refractivity contribution >= 4 is 49.0 Å². The summed E-state index contributed by atoms with van der Waals surface area (Å²) in [6, 6.07) is 15.3. The summed E-state index contributed by atoms with van der Waals surface area (Å²) in [5.41, 5.74) is 2.03. The second kappa shape index (κ2) is 11.8. The molecule has 0 spiro atoms. The number of ether oxygens (including phenoxy) is 2. The fourth-order valence-electron chi connectivity index (χ4n) is 4.72. The summed E-state index contributed by atoms with van der Waals surface area (Å²) in [6.07, 6.45) is 7.05. The van der Waals surface area contributed by atoms with Crippen LogP contribution in [0.1, 0.15) is 55.0 Å². The molecule has 0 N–H and O–H groups in total. The summed E-state index contributed by atoms with van der Waals surface area (Å²) in [6.45, 7) is 0.251. The van der Waals surface area contributed by atoms with E-state index in [1.165, 1.54) is 23.2 Å². The van der Waals surface area contributed by atoms with Crippen molar-refractivity contribution in [3.05, 3.63) is 96.7 Å². The highest BCUT2D eigenvalue weighted by Crippen LogP contribution is 2.37. The van der Waals surface area contributed by atoms with E-state index in [0.29, 0.717) is 32.7 Å². The molecule has 1 saturated carbocycles. The van der Waals surface area contributed by atoms with E-state index < -0.39 is 0 Å². The lowest BCUT2D eigenvalue weighted by atomic mass is 9.88. The summed E-state index contributed by atoms with van der Waals surface area (Å²) < 4.78 is 27.7. The molecule has 1 fully saturated rings. The number of methoxy groups -OCH3 is 1. The minimum absolute atomic E-state index is 0.185. The molecule has 0 amide bonds. The number of hydrogen-bond acceptors (Lipinski definition) is 5. The van der Waals surface area contributed by atoms with E-state index in [2.05, 4.69) is 37.0 Å². The van der Waals surface area contributed by atoms with Crippen LogP contribution in [0.25, 0.3) is 10.9 Å². The van der Waals surface area contributed by atoms with E-state index in [0.717, 1.165) is 41.3 Å². The summed E-state index contributed by atoms with van der Waals surface area (Å²) in [5, 5.41) is 5.14.